The highest BCUT2D eigenvalue weighted by Gasteiger charge is 2.28. The first-order chi connectivity index (χ1) is 12.4. The molecular weight excluding hydrogens is 340 g/mol. The molecule has 0 N–H and O–H groups in total. The fraction of sp³-hybridized carbons (Fsp3) is 0.174. The molecule has 3 rings (SSSR count). The molecule has 3 aromatic rings. The summed E-state index contributed by atoms with van der Waals surface area (Å²) in [7, 11) is -0.207. The van der Waals surface area contributed by atoms with Crippen LogP contribution in [0.2, 0.25) is 0 Å². The largest absolute Gasteiger partial charge is 0.456 e. The third kappa shape index (κ3) is 4.55. The fourth-order valence-corrected chi connectivity index (χ4v) is 4.67. The molecule has 0 radical (unpaired) electrons. The number of benzene rings is 3. The lowest BCUT2D eigenvalue weighted by Crippen LogP contribution is -2.23. The Kier molecular flexibility index (Phi) is 5.48. The van der Waals surface area contributed by atoms with Gasteiger partial charge in [0.1, 0.15) is 5.60 Å². The van der Waals surface area contributed by atoms with E-state index in [1.54, 1.807) is 0 Å². The highest BCUT2D eigenvalue weighted by atomic mass is 32.2. The summed E-state index contributed by atoms with van der Waals surface area (Å²) in [5.74, 6) is -0.289. The van der Waals surface area contributed by atoms with Gasteiger partial charge in [-0.25, -0.2) is 4.79 Å². The van der Waals surface area contributed by atoms with Crippen molar-refractivity contribution in [3.05, 3.63) is 90.5 Å². The van der Waals surface area contributed by atoms with Gasteiger partial charge in [0.15, 0.2) is 14.7 Å². The van der Waals surface area contributed by atoms with Gasteiger partial charge in [-0.3, -0.25) is 0 Å². The maximum Gasteiger partial charge on any atom is 0.338 e. The Bertz CT molecular complexity index is 811. The predicted octanol–water partition coefficient (Wildman–Crippen LogP) is 5.74. The van der Waals surface area contributed by atoms with Crippen LogP contribution in [-0.2, 0) is 15.6 Å². The summed E-state index contributed by atoms with van der Waals surface area (Å²) in [6.07, 6.45) is 0. The van der Waals surface area contributed by atoms with E-state index in [9.17, 15) is 4.79 Å². The first-order valence-corrected chi connectivity index (χ1v) is 9.84. The van der Waals surface area contributed by atoms with Gasteiger partial charge in [-0.2, -0.15) is 0 Å². The predicted molar refractivity (Wildman–Crippen MR) is 107 cm³/mol. The summed E-state index contributed by atoms with van der Waals surface area (Å²) >= 11 is 0. The molecule has 2 nitrogen and oxygen atoms in total. The second-order valence-corrected chi connectivity index (χ2v) is 8.99. The van der Waals surface area contributed by atoms with Crippen molar-refractivity contribution < 1.29 is 9.53 Å². The van der Waals surface area contributed by atoms with Gasteiger partial charge in [0.25, 0.3) is 0 Å². The molecule has 3 aromatic carbocycles. The lowest BCUT2D eigenvalue weighted by atomic mass is 10.2. The van der Waals surface area contributed by atoms with Crippen LogP contribution in [0.1, 0.15) is 31.1 Å². The molecular formula is C23H23O2S+. The Balaban J connectivity index is 1.94. The Labute approximate surface area is 158 Å². The zero-order valence-corrected chi connectivity index (χ0v) is 16.1. The van der Waals surface area contributed by atoms with Crippen LogP contribution in [0, 0.1) is 0 Å². The first kappa shape index (κ1) is 18.3. The molecule has 0 aliphatic rings. The molecule has 3 heteroatoms. The summed E-state index contributed by atoms with van der Waals surface area (Å²) in [4.78, 5) is 15.9. The summed E-state index contributed by atoms with van der Waals surface area (Å²) in [5, 5.41) is 0. The van der Waals surface area contributed by atoms with E-state index in [1.165, 1.54) is 14.7 Å². The molecule has 132 valence electrons. The van der Waals surface area contributed by atoms with E-state index in [2.05, 4.69) is 48.5 Å². The summed E-state index contributed by atoms with van der Waals surface area (Å²) < 4.78 is 5.46. The number of esters is 1. The number of ether oxygens (including phenoxy) is 1. The Morgan fingerprint density at radius 1 is 0.692 bits per heavy atom. The highest BCUT2D eigenvalue weighted by molar-refractivity contribution is 7.97. The zero-order valence-electron chi connectivity index (χ0n) is 15.3. The van der Waals surface area contributed by atoms with Crippen LogP contribution in [0.4, 0.5) is 0 Å². The Hall–Kier alpha value is -2.52. The minimum absolute atomic E-state index is 0.207. The van der Waals surface area contributed by atoms with Crippen LogP contribution < -0.4 is 0 Å². The van der Waals surface area contributed by atoms with Crippen molar-refractivity contribution in [2.75, 3.05) is 0 Å². The minimum Gasteiger partial charge on any atom is -0.456 e. The van der Waals surface area contributed by atoms with Gasteiger partial charge in [-0.05, 0) is 69.3 Å². The molecule has 0 saturated carbocycles. The molecule has 0 aliphatic heterocycles. The molecule has 0 heterocycles. The second kappa shape index (κ2) is 7.79. The maximum absolute atomic E-state index is 12.3. The average molecular weight is 364 g/mol. The number of hydrogen-bond acceptors (Lipinski definition) is 2. The quantitative estimate of drug-likeness (QED) is 0.436. The molecule has 0 amide bonds. The maximum atomic E-state index is 12.3. The lowest BCUT2D eigenvalue weighted by Gasteiger charge is -2.19. The van der Waals surface area contributed by atoms with E-state index in [0.717, 1.165) is 0 Å². The fourth-order valence-electron chi connectivity index (χ4n) is 2.59. The Morgan fingerprint density at radius 3 is 1.54 bits per heavy atom. The van der Waals surface area contributed by atoms with E-state index in [0.29, 0.717) is 5.56 Å². The van der Waals surface area contributed by atoms with Crippen LogP contribution in [0.3, 0.4) is 0 Å². The van der Waals surface area contributed by atoms with Crippen LogP contribution >= 0.6 is 0 Å². The molecule has 0 aliphatic carbocycles. The van der Waals surface area contributed by atoms with Crippen LogP contribution in [0.15, 0.2) is 99.6 Å². The topological polar surface area (TPSA) is 26.3 Å². The third-order valence-corrected chi connectivity index (χ3v) is 5.91. The summed E-state index contributed by atoms with van der Waals surface area (Å²) in [6, 6.07) is 28.7. The molecule has 0 fully saturated rings. The lowest BCUT2D eigenvalue weighted by molar-refractivity contribution is 0.00694. The third-order valence-electron chi connectivity index (χ3n) is 3.68. The standard InChI is InChI=1S/C23H23O2S/c1-23(2,3)25-22(24)18-14-16-21(17-15-18)26(19-10-6-4-7-11-19)20-12-8-5-9-13-20/h4-17H,1-3H3/q+1. The van der Waals surface area contributed by atoms with Gasteiger partial charge >= 0.3 is 5.97 Å². The van der Waals surface area contributed by atoms with E-state index in [4.69, 9.17) is 4.74 Å². The molecule has 0 atom stereocenters. The smallest absolute Gasteiger partial charge is 0.338 e. The van der Waals surface area contributed by atoms with E-state index >= 15 is 0 Å². The molecule has 0 saturated heterocycles. The van der Waals surface area contributed by atoms with Crippen molar-refractivity contribution in [2.45, 2.75) is 41.1 Å². The van der Waals surface area contributed by atoms with Gasteiger partial charge < -0.3 is 4.74 Å². The highest BCUT2D eigenvalue weighted by Crippen LogP contribution is 2.31. The number of hydrogen-bond donors (Lipinski definition) is 0. The SMILES string of the molecule is CC(C)(C)OC(=O)c1ccc([S+](c2ccccc2)c2ccccc2)cc1. The molecule has 0 spiro atoms. The van der Waals surface area contributed by atoms with Gasteiger partial charge in [0.2, 0.25) is 0 Å². The number of carbonyl (C=O) groups is 1. The zero-order chi connectivity index (χ0) is 18.6. The van der Waals surface area contributed by atoms with Crippen molar-refractivity contribution in [2.24, 2.45) is 0 Å². The Morgan fingerprint density at radius 2 is 1.12 bits per heavy atom. The van der Waals surface area contributed by atoms with Crippen LogP contribution in [0.25, 0.3) is 0 Å². The minimum atomic E-state index is -0.492. The van der Waals surface area contributed by atoms with Crippen LogP contribution in [0.5, 0.6) is 0 Å². The van der Waals surface area contributed by atoms with Crippen molar-refractivity contribution in [3.8, 4) is 0 Å². The second-order valence-electron chi connectivity index (χ2n) is 6.96. The summed E-state index contributed by atoms with van der Waals surface area (Å²) in [5.41, 5.74) is 0.0852. The van der Waals surface area contributed by atoms with Crippen molar-refractivity contribution in [3.63, 3.8) is 0 Å². The van der Waals surface area contributed by atoms with Crippen molar-refractivity contribution in [1.82, 2.24) is 0 Å². The van der Waals surface area contributed by atoms with Crippen molar-refractivity contribution >= 4 is 16.9 Å². The first-order valence-electron chi connectivity index (χ1n) is 8.62. The van der Waals surface area contributed by atoms with E-state index < -0.39 is 5.60 Å². The number of carbonyl (C=O) groups excluding carboxylic acids is 1. The molecule has 26 heavy (non-hydrogen) atoms. The normalized spacial score (nSPS) is 11.4. The summed E-state index contributed by atoms with van der Waals surface area (Å²) in [6.45, 7) is 5.63. The van der Waals surface area contributed by atoms with Gasteiger partial charge in [-0.15, -0.1) is 0 Å². The van der Waals surface area contributed by atoms with Crippen LogP contribution in [-0.4, -0.2) is 11.6 Å². The monoisotopic (exact) mass is 363 g/mol. The molecule has 0 unspecified atom stereocenters. The van der Waals surface area contributed by atoms with E-state index in [1.807, 2.05) is 57.2 Å². The molecule has 0 bridgehead atoms. The van der Waals surface area contributed by atoms with E-state index in [-0.39, 0.29) is 16.9 Å². The van der Waals surface area contributed by atoms with Gasteiger partial charge in [0, 0.05) is 0 Å². The number of rotatable bonds is 4. The van der Waals surface area contributed by atoms with Gasteiger partial charge in [0.05, 0.1) is 16.5 Å². The molecule has 0 aromatic heterocycles. The van der Waals surface area contributed by atoms with Gasteiger partial charge in [-0.1, -0.05) is 36.4 Å². The van der Waals surface area contributed by atoms with Crippen molar-refractivity contribution in [1.29, 1.82) is 0 Å². The average Bonchev–Trinajstić information content (AvgIpc) is 2.63.